The van der Waals surface area contributed by atoms with E-state index in [0.717, 1.165) is 12.8 Å². The molecule has 0 saturated heterocycles. The zero-order chi connectivity index (χ0) is 14.7. The lowest BCUT2D eigenvalue weighted by atomic mass is 10.2. The van der Waals surface area contributed by atoms with Crippen LogP contribution >= 0.6 is 11.8 Å². The summed E-state index contributed by atoms with van der Waals surface area (Å²) in [5, 5.41) is 20.1. The van der Waals surface area contributed by atoms with Crippen LogP contribution in [0.3, 0.4) is 0 Å². The quantitative estimate of drug-likeness (QED) is 0.727. The molecule has 8 heteroatoms. The smallest absolute Gasteiger partial charge is 0.326 e. The lowest BCUT2D eigenvalue weighted by molar-refractivity contribution is -0.142. The summed E-state index contributed by atoms with van der Waals surface area (Å²) in [6.45, 7) is 4.00. The summed E-state index contributed by atoms with van der Waals surface area (Å²) >= 11 is 1.26. The van der Waals surface area contributed by atoms with E-state index in [1.54, 1.807) is 6.33 Å². The average molecular weight is 298 g/mol. The molecule has 1 fully saturated rings. The normalized spacial score (nSPS) is 16.1. The fourth-order valence-electron chi connectivity index (χ4n) is 1.85. The van der Waals surface area contributed by atoms with Crippen molar-refractivity contribution < 1.29 is 14.7 Å². The largest absolute Gasteiger partial charge is 0.480 e. The van der Waals surface area contributed by atoms with Crippen molar-refractivity contribution in [2.24, 2.45) is 5.92 Å². The van der Waals surface area contributed by atoms with Gasteiger partial charge in [-0.3, -0.25) is 4.79 Å². The maximum Gasteiger partial charge on any atom is 0.326 e. The number of aromatic nitrogens is 3. The summed E-state index contributed by atoms with van der Waals surface area (Å²) in [5.74, 6) is -1.02. The lowest BCUT2D eigenvalue weighted by Crippen LogP contribution is -2.43. The van der Waals surface area contributed by atoms with E-state index in [1.165, 1.54) is 11.8 Å². The molecule has 20 heavy (non-hydrogen) atoms. The Kier molecular flexibility index (Phi) is 4.64. The molecule has 1 aliphatic rings. The van der Waals surface area contributed by atoms with Crippen molar-refractivity contribution in [3.63, 3.8) is 0 Å². The Balaban J connectivity index is 1.85. The predicted octanol–water partition coefficient (Wildman–Crippen LogP) is 0.930. The van der Waals surface area contributed by atoms with E-state index in [2.05, 4.69) is 15.5 Å². The van der Waals surface area contributed by atoms with Crippen LogP contribution in [0.15, 0.2) is 11.5 Å². The zero-order valence-electron chi connectivity index (χ0n) is 11.4. The molecule has 1 atom stereocenters. The van der Waals surface area contributed by atoms with Crippen molar-refractivity contribution in [1.82, 2.24) is 20.1 Å². The number of carbonyl (C=O) groups excluding carboxylic acids is 1. The topological polar surface area (TPSA) is 97.1 Å². The third kappa shape index (κ3) is 3.72. The lowest BCUT2D eigenvalue weighted by Gasteiger charge is -2.13. The van der Waals surface area contributed by atoms with Crippen LogP contribution in [0.5, 0.6) is 0 Å². The van der Waals surface area contributed by atoms with Gasteiger partial charge in [-0.2, -0.15) is 0 Å². The van der Waals surface area contributed by atoms with E-state index >= 15 is 0 Å². The highest BCUT2D eigenvalue weighted by Gasteiger charge is 2.37. The van der Waals surface area contributed by atoms with Crippen molar-refractivity contribution in [3.05, 3.63) is 6.33 Å². The molecule has 1 heterocycles. The summed E-state index contributed by atoms with van der Waals surface area (Å²) in [6, 6.07) is -0.542. The van der Waals surface area contributed by atoms with E-state index < -0.39 is 12.0 Å². The molecule has 1 amide bonds. The second-order valence-electron chi connectivity index (χ2n) is 5.12. The standard InChI is InChI=1S/C12H18N4O3S/c1-7(2)16-6-13-15-12(16)20-5-9(17)14-10(11(18)19)8-3-4-8/h6-8,10H,3-5H2,1-2H3,(H,14,17)(H,18,19). The summed E-state index contributed by atoms with van der Waals surface area (Å²) < 4.78 is 1.87. The summed E-state index contributed by atoms with van der Waals surface area (Å²) in [6.07, 6.45) is 3.35. The van der Waals surface area contributed by atoms with Crippen LogP contribution < -0.4 is 5.32 Å². The number of carboxylic acids is 1. The highest BCUT2D eigenvalue weighted by atomic mass is 32.2. The van der Waals surface area contributed by atoms with Gasteiger partial charge in [-0.25, -0.2) is 4.79 Å². The molecule has 1 aliphatic carbocycles. The first-order valence-corrected chi connectivity index (χ1v) is 7.52. The molecule has 1 aromatic heterocycles. The minimum absolute atomic E-state index is 0.0840. The molecule has 0 radical (unpaired) electrons. The van der Waals surface area contributed by atoms with Crippen molar-refractivity contribution in [2.75, 3.05) is 5.75 Å². The maximum absolute atomic E-state index is 11.8. The fraction of sp³-hybridized carbons (Fsp3) is 0.667. The van der Waals surface area contributed by atoms with Crippen LogP contribution in [0.2, 0.25) is 0 Å². The summed E-state index contributed by atoms with van der Waals surface area (Å²) in [7, 11) is 0. The number of nitrogens with one attached hydrogen (secondary N) is 1. The van der Waals surface area contributed by atoms with Crippen LogP contribution in [-0.2, 0) is 9.59 Å². The van der Waals surface area contributed by atoms with E-state index in [9.17, 15) is 9.59 Å². The number of thioether (sulfide) groups is 1. The van der Waals surface area contributed by atoms with Gasteiger partial charge in [0, 0.05) is 6.04 Å². The Labute approximate surface area is 121 Å². The Morgan fingerprint density at radius 1 is 1.55 bits per heavy atom. The number of rotatable bonds is 7. The van der Waals surface area contributed by atoms with Crippen LogP contribution in [0.4, 0.5) is 0 Å². The fourth-order valence-corrected chi connectivity index (χ4v) is 2.70. The predicted molar refractivity (Wildman–Crippen MR) is 73.4 cm³/mol. The Hall–Kier alpha value is -1.57. The molecule has 2 rings (SSSR count). The van der Waals surface area contributed by atoms with Gasteiger partial charge in [-0.15, -0.1) is 10.2 Å². The molecule has 7 nitrogen and oxygen atoms in total. The Bertz CT molecular complexity index is 499. The molecule has 0 aliphatic heterocycles. The molecule has 2 N–H and O–H groups in total. The highest BCUT2D eigenvalue weighted by molar-refractivity contribution is 7.99. The van der Waals surface area contributed by atoms with Crippen LogP contribution in [0.25, 0.3) is 0 Å². The first-order chi connectivity index (χ1) is 9.49. The monoisotopic (exact) mass is 298 g/mol. The SMILES string of the molecule is CC(C)n1cnnc1SCC(=O)NC(C(=O)O)C1CC1. The second kappa shape index (κ2) is 6.25. The molecular formula is C12H18N4O3S. The third-order valence-corrected chi connectivity index (χ3v) is 4.06. The molecule has 1 saturated carbocycles. The van der Waals surface area contributed by atoms with E-state index in [-0.39, 0.29) is 23.6 Å². The number of amides is 1. The molecule has 0 spiro atoms. The minimum Gasteiger partial charge on any atom is -0.480 e. The van der Waals surface area contributed by atoms with Gasteiger partial charge < -0.3 is 15.0 Å². The van der Waals surface area contributed by atoms with Crippen molar-refractivity contribution in [3.8, 4) is 0 Å². The van der Waals surface area contributed by atoms with Gasteiger partial charge in [0.25, 0.3) is 0 Å². The number of nitrogens with zero attached hydrogens (tertiary/aromatic N) is 3. The van der Waals surface area contributed by atoms with Gasteiger partial charge in [-0.1, -0.05) is 11.8 Å². The Morgan fingerprint density at radius 2 is 2.25 bits per heavy atom. The summed E-state index contributed by atoms with van der Waals surface area (Å²) in [4.78, 5) is 22.9. The minimum atomic E-state index is -0.962. The first kappa shape index (κ1) is 14.8. The zero-order valence-corrected chi connectivity index (χ0v) is 12.3. The molecular weight excluding hydrogens is 280 g/mol. The van der Waals surface area contributed by atoms with Crippen molar-refractivity contribution >= 4 is 23.6 Å². The number of hydrogen-bond donors (Lipinski definition) is 2. The van der Waals surface area contributed by atoms with Crippen molar-refractivity contribution in [2.45, 2.75) is 43.9 Å². The number of carbonyl (C=O) groups is 2. The Morgan fingerprint density at radius 3 is 2.80 bits per heavy atom. The van der Waals surface area contributed by atoms with Gasteiger partial charge in [0.05, 0.1) is 5.75 Å². The van der Waals surface area contributed by atoms with Crippen LogP contribution in [0.1, 0.15) is 32.7 Å². The number of hydrogen-bond acceptors (Lipinski definition) is 5. The van der Waals surface area contributed by atoms with Gasteiger partial charge in [0.15, 0.2) is 5.16 Å². The van der Waals surface area contributed by atoms with E-state index in [4.69, 9.17) is 5.11 Å². The molecule has 1 unspecified atom stereocenters. The van der Waals surface area contributed by atoms with Gasteiger partial charge in [-0.05, 0) is 32.6 Å². The number of carboxylic acid groups (broad SMARTS) is 1. The maximum atomic E-state index is 11.8. The number of aliphatic carboxylic acids is 1. The van der Waals surface area contributed by atoms with Gasteiger partial charge in [0.2, 0.25) is 5.91 Å². The molecule has 110 valence electrons. The molecule has 1 aromatic rings. The average Bonchev–Trinajstić information content (AvgIpc) is 3.10. The third-order valence-electron chi connectivity index (χ3n) is 3.10. The molecule has 0 aromatic carbocycles. The summed E-state index contributed by atoms with van der Waals surface area (Å²) in [5.41, 5.74) is 0. The van der Waals surface area contributed by atoms with Crippen LogP contribution in [0, 0.1) is 5.92 Å². The molecule has 0 bridgehead atoms. The van der Waals surface area contributed by atoms with Crippen molar-refractivity contribution in [1.29, 1.82) is 0 Å². The van der Waals surface area contributed by atoms with Gasteiger partial charge in [0.1, 0.15) is 12.4 Å². The van der Waals surface area contributed by atoms with Crippen LogP contribution in [-0.4, -0.2) is 43.5 Å². The van der Waals surface area contributed by atoms with Gasteiger partial charge >= 0.3 is 5.97 Å². The van der Waals surface area contributed by atoms with E-state index in [0.29, 0.717) is 5.16 Å². The van der Waals surface area contributed by atoms with E-state index in [1.807, 2.05) is 18.4 Å². The first-order valence-electron chi connectivity index (χ1n) is 6.53. The second-order valence-corrected chi connectivity index (χ2v) is 6.07. The highest BCUT2D eigenvalue weighted by Crippen LogP contribution is 2.32.